The average molecular weight is 374 g/mol. The topological polar surface area (TPSA) is 59.8 Å². The van der Waals surface area contributed by atoms with Gasteiger partial charge in [0.05, 0.1) is 16.9 Å². The fraction of sp³-hybridized carbons (Fsp3) is 0.316. The van der Waals surface area contributed by atoms with Crippen molar-refractivity contribution in [1.29, 1.82) is 0 Å². The zero-order chi connectivity index (χ0) is 19.2. The lowest BCUT2D eigenvalue weighted by atomic mass is 10.1. The number of nitrogens with zero attached hydrogens (tertiary/aromatic N) is 3. The molecule has 0 radical (unpaired) electrons. The van der Waals surface area contributed by atoms with Gasteiger partial charge >= 0.3 is 11.9 Å². The van der Waals surface area contributed by atoms with E-state index < -0.39 is 18.4 Å². The molecule has 1 aromatic carbocycles. The number of hydrogen-bond acceptors (Lipinski definition) is 4. The number of aryl methyl sites for hydroxylation is 1. The van der Waals surface area contributed by atoms with E-state index in [2.05, 4.69) is 15.3 Å². The van der Waals surface area contributed by atoms with Gasteiger partial charge in [0.15, 0.2) is 0 Å². The summed E-state index contributed by atoms with van der Waals surface area (Å²) in [4.78, 5) is 20.8. The van der Waals surface area contributed by atoms with Crippen LogP contribution in [0.1, 0.15) is 30.0 Å². The molecule has 2 heterocycles. The fourth-order valence-electron chi connectivity index (χ4n) is 3.18. The molecule has 3 aromatic rings. The molecule has 1 saturated carbocycles. The van der Waals surface area contributed by atoms with Crippen molar-refractivity contribution in [3.63, 3.8) is 0 Å². The van der Waals surface area contributed by atoms with Crippen LogP contribution in [0.3, 0.4) is 0 Å². The number of alkyl halides is 3. The summed E-state index contributed by atoms with van der Waals surface area (Å²) in [7, 11) is 0. The van der Waals surface area contributed by atoms with E-state index in [1.807, 2.05) is 12.1 Å². The van der Waals surface area contributed by atoms with E-state index in [0.29, 0.717) is 28.2 Å². The van der Waals surface area contributed by atoms with Crippen molar-refractivity contribution in [3.8, 4) is 5.69 Å². The van der Waals surface area contributed by atoms with Crippen molar-refractivity contribution in [1.82, 2.24) is 14.5 Å². The maximum absolute atomic E-state index is 12.7. The minimum absolute atomic E-state index is 0.0625. The number of nitrogens with one attached hydrogen (secondary N) is 1. The molecular formula is C19H17F3N4O. The molecule has 0 bridgehead atoms. The highest BCUT2D eigenvalue weighted by atomic mass is 19.4. The first-order chi connectivity index (χ1) is 12.8. The van der Waals surface area contributed by atoms with Crippen molar-refractivity contribution in [2.75, 3.05) is 11.9 Å². The molecule has 0 saturated heterocycles. The van der Waals surface area contributed by atoms with Crippen LogP contribution in [0, 0.1) is 6.92 Å². The summed E-state index contributed by atoms with van der Waals surface area (Å²) in [5.74, 6) is 0.375. The number of rotatable bonds is 4. The highest BCUT2D eigenvalue weighted by Gasteiger charge is 2.28. The Morgan fingerprint density at radius 1 is 1.26 bits per heavy atom. The van der Waals surface area contributed by atoms with Crippen LogP contribution in [-0.4, -0.2) is 27.3 Å². The molecule has 1 fully saturated rings. The summed E-state index contributed by atoms with van der Waals surface area (Å²) < 4.78 is 39.3. The molecule has 0 unspecified atom stereocenters. The molecule has 0 amide bonds. The standard InChI is InChI=1S/C19H17F3N4O/c1-11-15(3-2-8-23-11)26-16-9-13(12-4-5-12)6-7-14(16)17(25-18(26)27)24-10-19(20,21)22/h2-3,6-9,12H,4-5,10H2,1H3,(H,24,25,27). The van der Waals surface area contributed by atoms with Crippen LogP contribution >= 0.6 is 0 Å². The Morgan fingerprint density at radius 3 is 2.70 bits per heavy atom. The summed E-state index contributed by atoms with van der Waals surface area (Å²) in [6.45, 7) is 0.517. The van der Waals surface area contributed by atoms with Gasteiger partial charge in [-0.25, -0.2) is 4.79 Å². The monoisotopic (exact) mass is 374 g/mol. The highest BCUT2D eigenvalue weighted by molar-refractivity contribution is 5.91. The third-order valence-electron chi connectivity index (χ3n) is 4.64. The molecule has 27 heavy (non-hydrogen) atoms. The lowest BCUT2D eigenvalue weighted by Crippen LogP contribution is -2.27. The van der Waals surface area contributed by atoms with Crippen LogP contribution in [0.25, 0.3) is 16.6 Å². The number of halogens is 3. The van der Waals surface area contributed by atoms with Gasteiger partial charge in [-0.15, -0.1) is 0 Å². The van der Waals surface area contributed by atoms with E-state index >= 15 is 0 Å². The first-order valence-corrected chi connectivity index (χ1v) is 8.63. The van der Waals surface area contributed by atoms with Gasteiger partial charge < -0.3 is 5.32 Å². The summed E-state index contributed by atoms with van der Waals surface area (Å²) >= 11 is 0. The minimum Gasteiger partial charge on any atom is -0.360 e. The summed E-state index contributed by atoms with van der Waals surface area (Å²) in [5, 5.41) is 2.73. The van der Waals surface area contributed by atoms with Gasteiger partial charge in [-0.3, -0.25) is 9.55 Å². The second-order valence-corrected chi connectivity index (χ2v) is 6.71. The Hall–Kier alpha value is -2.90. The van der Waals surface area contributed by atoms with Crippen molar-refractivity contribution in [3.05, 3.63) is 58.3 Å². The van der Waals surface area contributed by atoms with E-state index in [4.69, 9.17) is 0 Å². The molecule has 0 spiro atoms. The van der Waals surface area contributed by atoms with Crippen LogP contribution in [0.15, 0.2) is 41.3 Å². The molecule has 1 N–H and O–H groups in total. The second-order valence-electron chi connectivity index (χ2n) is 6.71. The van der Waals surface area contributed by atoms with Gasteiger partial charge in [0.25, 0.3) is 0 Å². The number of anilines is 1. The van der Waals surface area contributed by atoms with E-state index in [9.17, 15) is 18.0 Å². The zero-order valence-electron chi connectivity index (χ0n) is 14.5. The molecule has 1 aliphatic carbocycles. The smallest absolute Gasteiger partial charge is 0.360 e. The Labute approximate surface area is 152 Å². The van der Waals surface area contributed by atoms with Crippen LogP contribution in [-0.2, 0) is 0 Å². The molecule has 8 heteroatoms. The summed E-state index contributed by atoms with van der Waals surface area (Å²) in [6, 6.07) is 8.96. The Kier molecular flexibility index (Phi) is 4.13. The van der Waals surface area contributed by atoms with E-state index in [0.717, 1.165) is 18.4 Å². The second kappa shape index (κ2) is 6.37. The maximum Gasteiger partial charge on any atom is 0.405 e. The number of fused-ring (bicyclic) bond motifs is 1. The normalized spacial score (nSPS) is 14.5. The number of hydrogen-bond donors (Lipinski definition) is 1. The molecule has 2 aromatic heterocycles. The van der Waals surface area contributed by atoms with E-state index in [-0.39, 0.29) is 5.82 Å². The third-order valence-corrected chi connectivity index (χ3v) is 4.64. The lowest BCUT2D eigenvalue weighted by molar-refractivity contribution is -0.115. The fourth-order valence-corrected chi connectivity index (χ4v) is 3.18. The van der Waals surface area contributed by atoms with Gasteiger partial charge in [0.1, 0.15) is 12.4 Å². The van der Waals surface area contributed by atoms with E-state index in [1.54, 1.807) is 31.3 Å². The third kappa shape index (κ3) is 3.51. The van der Waals surface area contributed by atoms with Gasteiger partial charge in [0.2, 0.25) is 0 Å². The summed E-state index contributed by atoms with van der Waals surface area (Å²) in [6.07, 6.45) is -0.636. The predicted molar refractivity (Wildman–Crippen MR) is 96.4 cm³/mol. The Balaban J connectivity index is 1.94. The van der Waals surface area contributed by atoms with Crippen molar-refractivity contribution >= 4 is 16.7 Å². The van der Waals surface area contributed by atoms with Gasteiger partial charge in [-0.2, -0.15) is 18.2 Å². The quantitative estimate of drug-likeness (QED) is 0.752. The largest absolute Gasteiger partial charge is 0.405 e. The molecule has 0 aliphatic heterocycles. The Morgan fingerprint density at radius 2 is 2.04 bits per heavy atom. The van der Waals surface area contributed by atoms with Crippen LogP contribution in [0.2, 0.25) is 0 Å². The highest BCUT2D eigenvalue weighted by Crippen LogP contribution is 2.41. The van der Waals surface area contributed by atoms with Crippen molar-refractivity contribution in [2.24, 2.45) is 0 Å². The van der Waals surface area contributed by atoms with Gasteiger partial charge in [-0.1, -0.05) is 6.07 Å². The van der Waals surface area contributed by atoms with Crippen LogP contribution < -0.4 is 11.0 Å². The van der Waals surface area contributed by atoms with Crippen molar-refractivity contribution < 1.29 is 13.2 Å². The first-order valence-electron chi connectivity index (χ1n) is 8.63. The average Bonchev–Trinajstić information content (AvgIpc) is 3.45. The minimum atomic E-state index is -4.41. The molecule has 1 aliphatic rings. The van der Waals surface area contributed by atoms with Gasteiger partial charge in [0, 0.05) is 11.6 Å². The van der Waals surface area contributed by atoms with E-state index in [1.165, 1.54) is 4.57 Å². The molecule has 5 nitrogen and oxygen atoms in total. The number of pyridine rings is 1. The molecule has 140 valence electrons. The van der Waals surface area contributed by atoms with Gasteiger partial charge in [-0.05, 0) is 55.5 Å². The first kappa shape index (κ1) is 17.5. The van der Waals surface area contributed by atoms with Crippen LogP contribution in [0.4, 0.5) is 19.0 Å². The molecule has 0 atom stereocenters. The maximum atomic E-state index is 12.7. The lowest BCUT2D eigenvalue weighted by Gasteiger charge is -2.16. The number of benzene rings is 1. The summed E-state index contributed by atoms with van der Waals surface area (Å²) in [5.41, 5.74) is 2.16. The van der Waals surface area contributed by atoms with Crippen LogP contribution in [0.5, 0.6) is 0 Å². The molecular weight excluding hydrogens is 357 g/mol. The number of aromatic nitrogens is 3. The zero-order valence-corrected chi connectivity index (χ0v) is 14.5. The van der Waals surface area contributed by atoms with Crippen molar-refractivity contribution in [2.45, 2.75) is 31.9 Å². The SMILES string of the molecule is Cc1ncccc1-n1c(=O)nc(NCC(F)(F)F)c2ccc(C3CC3)cc21. The molecule has 4 rings (SSSR count). The predicted octanol–water partition coefficient (Wildman–Crippen LogP) is 3.94. The Bertz CT molecular complexity index is 1070.